The van der Waals surface area contributed by atoms with Crippen LogP contribution < -0.4 is 15.4 Å². The molecule has 3 N–H and O–H groups in total. The Morgan fingerprint density at radius 2 is 1.94 bits per heavy atom. The summed E-state index contributed by atoms with van der Waals surface area (Å²) in [7, 11) is -3.96. The molecule has 1 aliphatic rings. The number of amides is 2. The summed E-state index contributed by atoms with van der Waals surface area (Å²) in [6.07, 6.45) is 4.11. The van der Waals surface area contributed by atoms with Crippen molar-refractivity contribution in [1.82, 2.24) is 25.1 Å². The second-order valence-corrected chi connectivity index (χ2v) is 9.70. The molecule has 0 spiro atoms. The molecule has 2 atom stereocenters. The zero-order valence-corrected chi connectivity index (χ0v) is 18.8. The molecule has 2 heterocycles. The Morgan fingerprint density at radius 1 is 1.22 bits per heavy atom. The van der Waals surface area contributed by atoms with Gasteiger partial charge >= 0.3 is 0 Å². The maximum atomic E-state index is 13.0. The highest BCUT2D eigenvalue weighted by Crippen LogP contribution is 2.13. The van der Waals surface area contributed by atoms with Crippen LogP contribution in [0, 0.1) is 5.92 Å². The number of ketones is 1. The number of carbonyl (C=O) groups excluding carboxylic acids is 3. The number of aromatic nitrogens is 2. The summed E-state index contributed by atoms with van der Waals surface area (Å²) in [5.74, 6) is -2.64. The van der Waals surface area contributed by atoms with E-state index >= 15 is 0 Å². The molecule has 0 aliphatic carbocycles. The topological polar surface area (TPSA) is 139 Å². The summed E-state index contributed by atoms with van der Waals surface area (Å²) < 4.78 is 29.5. The van der Waals surface area contributed by atoms with Crippen LogP contribution in [0.4, 0.5) is 0 Å². The predicted octanol–water partition coefficient (Wildman–Crippen LogP) is 0.00250. The summed E-state index contributed by atoms with van der Waals surface area (Å²) in [4.78, 5) is 38.0. The molecule has 2 unspecified atom stereocenters. The lowest BCUT2D eigenvalue weighted by Crippen LogP contribution is -2.55. The van der Waals surface area contributed by atoms with Gasteiger partial charge in [-0.2, -0.15) is 9.82 Å². The Balaban J connectivity index is 1.77. The Labute approximate surface area is 186 Å². The zero-order valence-electron chi connectivity index (χ0n) is 17.9. The summed E-state index contributed by atoms with van der Waals surface area (Å²) in [6, 6.07) is 5.49. The number of nitrogens with zero attached hydrogens (tertiary/aromatic N) is 2. The summed E-state index contributed by atoms with van der Waals surface area (Å²) in [6.45, 7) is 4.03. The molecule has 172 valence electrons. The van der Waals surface area contributed by atoms with E-state index in [0.717, 1.165) is 5.56 Å². The van der Waals surface area contributed by atoms with Gasteiger partial charge in [-0.25, -0.2) is 8.42 Å². The molecule has 1 aliphatic heterocycles. The number of nitrogens with one attached hydrogen (secondary N) is 3. The third kappa shape index (κ3) is 5.80. The average Bonchev–Trinajstić information content (AvgIpc) is 3.21. The Kier molecular flexibility index (Phi) is 7.41. The van der Waals surface area contributed by atoms with E-state index in [2.05, 4.69) is 20.5 Å². The van der Waals surface area contributed by atoms with Crippen molar-refractivity contribution >= 4 is 27.6 Å². The fraction of sp³-hybridized carbons (Fsp3) is 0.429. The van der Waals surface area contributed by atoms with Crippen molar-refractivity contribution in [2.24, 2.45) is 5.92 Å². The van der Waals surface area contributed by atoms with Crippen molar-refractivity contribution in [3.05, 3.63) is 48.3 Å². The molecule has 1 aromatic carbocycles. The average molecular weight is 462 g/mol. The molecule has 2 bridgehead atoms. The van der Waals surface area contributed by atoms with Crippen LogP contribution in [-0.2, 0) is 37.4 Å². The van der Waals surface area contributed by atoms with E-state index < -0.39 is 45.6 Å². The molecule has 0 fully saturated rings. The molecule has 2 aromatic rings. The lowest BCUT2D eigenvalue weighted by molar-refractivity contribution is -0.140. The van der Waals surface area contributed by atoms with E-state index in [4.69, 9.17) is 0 Å². The highest BCUT2D eigenvalue weighted by Gasteiger charge is 2.33. The SMILES string of the molecule is CC(C)C(NS(=O)(=O)c1ccccc1)C(=O)NC1CCc2cnn(c2)CCNC(=O)C1=O. The smallest absolute Gasteiger partial charge is 0.289 e. The fourth-order valence-electron chi connectivity index (χ4n) is 3.36. The number of benzene rings is 1. The van der Waals surface area contributed by atoms with Gasteiger partial charge in [0.25, 0.3) is 5.91 Å². The summed E-state index contributed by atoms with van der Waals surface area (Å²) in [5.41, 5.74) is 0.872. The number of Topliss-reactive ketones (excluding diaryl/α,β-unsaturated/α-hetero) is 1. The van der Waals surface area contributed by atoms with Crippen molar-refractivity contribution < 1.29 is 22.8 Å². The number of rotatable bonds is 6. The molecular formula is C21H27N5O5S. The van der Waals surface area contributed by atoms with Crippen LogP contribution in [0.1, 0.15) is 25.8 Å². The second kappa shape index (κ2) is 10.0. The summed E-state index contributed by atoms with van der Waals surface area (Å²) >= 11 is 0. The van der Waals surface area contributed by atoms with Gasteiger partial charge in [0.2, 0.25) is 21.7 Å². The highest BCUT2D eigenvalue weighted by atomic mass is 32.2. The number of carbonyl (C=O) groups is 3. The third-order valence-electron chi connectivity index (χ3n) is 5.18. The van der Waals surface area contributed by atoms with Crippen LogP contribution in [0.25, 0.3) is 0 Å². The lowest BCUT2D eigenvalue weighted by Gasteiger charge is -2.24. The van der Waals surface area contributed by atoms with Gasteiger partial charge in [-0.3, -0.25) is 19.1 Å². The molecule has 2 amide bonds. The van der Waals surface area contributed by atoms with Crippen LogP contribution in [0.15, 0.2) is 47.6 Å². The van der Waals surface area contributed by atoms with Gasteiger partial charge in [0.15, 0.2) is 0 Å². The molecule has 0 radical (unpaired) electrons. The van der Waals surface area contributed by atoms with Gasteiger partial charge in [0, 0.05) is 12.7 Å². The molecule has 11 heteroatoms. The van der Waals surface area contributed by atoms with E-state index in [1.165, 1.54) is 12.1 Å². The maximum absolute atomic E-state index is 13.0. The standard InChI is InChI=1S/C21H27N5O5S/c1-14(2)18(25-32(30,31)16-6-4-3-5-7-16)20(28)24-17-9-8-15-12-23-26(13-15)11-10-22-21(29)19(17)27/h3-7,12-14,17-18,25H,8-11H2,1-2H3,(H,22,29)(H,24,28). The molecule has 0 saturated heterocycles. The Morgan fingerprint density at radius 3 is 2.62 bits per heavy atom. The summed E-state index contributed by atoms with van der Waals surface area (Å²) in [5, 5.41) is 9.32. The number of hydrogen-bond donors (Lipinski definition) is 3. The molecule has 3 rings (SSSR count). The van der Waals surface area contributed by atoms with Crippen LogP contribution in [0.3, 0.4) is 0 Å². The fourth-order valence-corrected chi connectivity index (χ4v) is 4.72. The van der Waals surface area contributed by atoms with Gasteiger partial charge in [-0.15, -0.1) is 0 Å². The molecule has 32 heavy (non-hydrogen) atoms. The Hall–Kier alpha value is -3.05. The van der Waals surface area contributed by atoms with E-state index in [1.807, 2.05) is 6.20 Å². The number of hydrogen-bond acceptors (Lipinski definition) is 6. The van der Waals surface area contributed by atoms with Crippen LogP contribution in [0.5, 0.6) is 0 Å². The minimum atomic E-state index is -3.96. The van der Waals surface area contributed by atoms with Crippen molar-refractivity contribution in [3.63, 3.8) is 0 Å². The largest absolute Gasteiger partial charge is 0.348 e. The van der Waals surface area contributed by atoms with E-state index in [-0.39, 0.29) is 17.9 Å². The number of aryl methyl sites for hydroxylation is 1. The Bertz CT molecular complexity index is 1080. The van der Waals surface area contributed by atoms with Gasteiger partial charge < -0.3 is 10.6 Å². The highest BCUT2D eigenvalue weighted by molar-refractivity contribution is 7.89. The van der Waals surface area contributed by atoms with E-state index in [1.54, 1.807) is 42.9 Å². The monoisotopic (exact) mass is 461 g/mol. The van der Waals surface area contributed by atoms with E-state index in [0.29, 0.717) is 13.0 Å². The first-order chi connectivity index (χ1) is 15.2. The quantitative estimate of drug-likeness (QED) is 0.518. The third-order valence-corrected chi connectivity index (χ3v) is 6.63. The molecule has 0 saturated carbocycles. The minimum Gasteiger partial charge on any atom is -0.348 e. The van der Waals surface area contributed by atoms with Crippen LogP contribution in [-0.4, -0.2) is 54.4 Å². The molecular weight excluding hydrogens is 434 g/mol. The first-order valence-electron chi connectivity index (χ1n) is 10.4. The van der Waals surface area contributed by atoms with E-state index in [9.17, 15) is 22.8 Å². The predicted molar refractivity (Wildman–Crippen MR) is 116 cm³/mol. The maximum Gasteiger partial charge on any atom is 0.289 e. The van der Waals surface area contributed by atoms with Crippen molar-refractivity contribution in [2.75, 3.05) is 6.54 Å². The first-order valence-corrected chi connectivity index (χ1v) is 11.9. The zero-order chi connectivity index (χ0) is 23.3. The number of fused-ring (bicyclic) bond motifs is 2. The van der Waals surface area contributed by atoms with Gasteiger partial charge in [-0.1, -0.05) is 32.0 Å². The normalized spacial score (nSPS) is 18.5. The molecule has 1 aromatic heterocycles. The lowest BCUT2D eigenvalue weighted by atomic mass is 10.0. The van der Waals surface area contributed by atoms with Crippen LogP contribution >= 0.6 is 0 Å². The van der Waals surface area contributed by atoms with Crippen molar-refractivity contribution in [2.45, 2.75) is 50.2 Å². The van der Waals surface area contributed by atoms with Gasteiger partial charge in [0.1, 0.15) is 6.04 Å². The van der Waals surface area contributed by atoms with Crippen molar-refractivity contribution in [1.29, 1.82) is 0 Å². The first kappa shape index (κ1) is 23.6. The van der Waals surface area contributed by atoms with Gasteiger partial charge in [-0.05, 0) is 36.5 Å². The minimum absolute atomic E-state index is 0.0286. The van der Waals surface area contributed by atoms with Crippen molar-refractivity contribution in [3.8, 4) is 0 Å². The number of sulfonamides is 1. The van der Waals surface area contributed by atoms with Crippen LogP contribution in [0.2, 0.25) is 0 Å². The second-order valence-electron chi connectivity index (χ2n) is 7.99. The van der Waals surface area contributed by atoms with Gasteiger partial charge in [0.05, 0.1) is 23.7 Å². The molecule has 10 nitrogen and oxygen atoms in total.